The maximum Gasteiger partial charge on any atom is 0.325 e. The average Bonchev–Trinajstić information content (AvgIpc) is 3.07. The largest absolute Gasteiger partial charge is 0.465 e. The fourth-order valence-electron chi connectivity index (χ4n) is 1.92. The number of nitrogens with zero attached hydrogens (tertiary/aromatic N) is 1. The van der Waals surface area contributed by atoms with Gasteiger partial charge in [-0.25, -0.2) is 0 Å². The molecule has 0 radical (unpaired) electrons. The second-order valence-electron chi connectivity index (χ2n) is 4.99. The van der Waals surface area contributed by atoms with E-state index in [4.69, 9.17) is 4.74 Å². The molecule has 1 amide bonds. The number of ether oxygens (including phenoxy) is 1. The standard InChI is InChI=1S/C13H23NO3/c1-5-17-12(15)8-14(9(2)3)13(16)10(4)11-6-7-11/h9-11H,5-8H2,1-4H3. The van der Waals surface area contributed by atoms with Crippen molar-refractivity contribution in [3.8, 4) is 0 Å². The molecule has 4 nitrogen and oxygen atoms in total. The van der Waals surface area contributed by atoms with Crippen molar-refractivity contribution >= 4 is 11.9 Å². The Balaban J connectivity index is 2.57. The first-order valence-corrected chi connectivity index (χ1v) is 6.43. The zero-order chi connectivity index (χ0) is 13.0. The summed E-state index contributed by atoms with van der Waals surface area (Å²) in [5, 5.41) is 0. The van der Waals surface area contributed by atoms with Gasteiger partial charge in [0.15, 0.2) is 0 Å². The molecule has 0 bridgehead atoms. The number of amides is 1. The summed E-state index contributed by atoms with van der Waals surface area (Å²) in [4.78, 5) is 25.3. The summed E-state index contributed by atoms with van der Waals surface area (Å²) in [7, 11) is 0. The van der Waals surface area contributed by atoms with Crippen molar-refractivity contribution in [1.29, 1.82) is 0 Å². The van der Waals surface area contributed by atoms with E-state index in [1.807, 2.05) is 20.8 Å². The van der Waals surface area contributed by atoms with Crippen molar-refractivity contribution in [2.24, 2.45) is 11.8 Å². The van der Waals surface area contributed by atoms with E-state index in [9.17, 15) is 9.59 Å². The van der Waals surface area contributed by atoms with E-state index in [1.54, 1.807) is 11.8 Å². The highest BCUT2D eigenvalue weighted by atomic mass is 16.5. The van der Waals surface area contributed by atoms with E-state index in [0.717, 1.165) is 12.8 Å². The second-order valence-corrected chi connectivity index (χ2v) is 4.99. The highest BCUT2D eigenvalue weighted by Gasteiger charge is 2.36. The Hall–Kier alpha value is -1.06. The minimum absolute atomic E-state index is 0.0341. The molecule has 1 saturated carbocycles. The van der Waals surface area contributed by atoms with Crippen LogP contribution in [0.1, 0.15) is 40.5 Å². The molecule has 0 spiro atoms. The lowest BCUT2D eigenvalue weighted by atomic mass is 10.0. The number of hydrogen-bond donors (Lipinski definition) is 0. The highest BCUT2D eigenvalue weighted by molar-refractivity contribution is 5.84. The quantitative estimate of drug-likeness (QED) is 0.666. The second kappa shape index (κ2) is 6.03. The molecule has 1 aliphatic rings. The minimum Gasteiger partial charge on any atom is -0.465 e. The Morgan fingerprint density at radius 1 is 1.29 bits per heavy atom. The summed E-state index contributed by atoms with van der Waals surface area (Å²) in [5.41, 5.74) is 0. The molecule has 0 aromatic heterocycles. The molecule has 1 aliphatic carbocycles. The SMILES string of the molecule is CCOC(=O)CN(C(=O)C(C)C1CC1)C(C)C. The molecule has 0 aliphatic heterocycles. The number of rotatable bonds is 6. The molecule has 98 valence electrons. The number of esters is 1. The fraction of sp³-hybridized carbons (Fsp3) is 0.846. The van der Waals surface area contributed by atoms with E-state index in [-0.39, 0.29) is 30.4 Å². The summed E-state index contributed by atoms with van der Waals surface area (Å²) in [6.07, 6.45) is 2.27. The zero-order valence-corrected chi connectivity index (χ0v) is 11.2. The van der Waals surface area contributed by atoms with Crippen molar-refractivity contribution < 1.29 is 14.3 Å². The van der Waals surface area contributed by atoms with Gasteiger partial charge in [-0.15, -0.1) is 0 Å². The van der Waals surface area contributed by atoms with E-state index in [1.165, 1.54) is 0 Å². The Labute approximate surface area is 103 Å². The van der Waals surface area contributed by atoms with Crippen LogP contribution >= 0.6 is 0 Å². The fourth-order valence-corrected chi connectivity index (χ4v) is 1.92. The first-order chi connectivity index (χ1) is 7.97. The predicted molar refractivity (Wildman–Crippen MR) is 65.4 cm³/mol. The number of carbonyl (C=O) groups is 2. The molecule has 1 atom stereocenters. The summed E-state index contributed by atoms with van der Waals surface area (Å²) in [5.74, 6) is 0.311. The maximum absolute atomic E-state index is 12.2. The summed E-state index contributed by atoms with van der Waals surface area (Å²) in [6, 6.07) is 0.0353. The van der Waals surface area contributed by atoms with Crippen LogP contribution in [0.15, 0.2) is 0 Å². The van der Waals surface area contributed by atoms with Gasteiger partial charge in [-0.05, 0) is 39.5 Å². The smallest absolute Gasteiger partial charge is 0.325 e. The van der Waals surface area contributed by atoms with Crippen LogP contribution < -0.4 is 0 Å². The van der Waals surface area contributed by atoms with Crippen LogP contribution in [0.25, 0.3) is 0 Å². The van der Waals surface area contributed by atoms with Gasteiger partial charge in [-0.3, -0.25) is 9.59 Å². The van der Waals surface area contributed by atoms with Gasteiger partial charge in [0.25, 0.3) is 0 Å². The first kappa shape index (κ1) is 14.0. The van der Waals surface area contributed by atoms with Gasteiger partial charge in [-0.2, -0.15) is 0 Å². The Kier molecular flexibility index (Phi) is 4.97. The lowest BCUT2D eigenvalue weighted by Gasteiger charge is -2.28. The third-order valence-electron chi connectivity index (χ3n) is 3.23. The van der Waals surface area contributed by atoms with Crippen LogP contribution in [0.4, 0.5) is 0 Å². The van der Waals surface area contributed by atoms with Crippen LogP contribution in [-0.4, -0.2) is 36.0 Å². The molecule has 1 fully saturated rings. The van der Waals surface area contributed by atoms with Crippen LogP contribution in [-0.2, 0) is 14.3 Å². The van der Waals surface area contributed by atoms with Gasteiger partial charge in [0.05, 0.1) is 6.61 Å². The summed E-state index contributed by atoms with van der Waals surface area (Å²) >= 11 is 0. The number of carbonyl (C=O) groups excluding carboxylic acids is 2. The lowest BCUT2D eigenvalue weighted by Crippen LogP contribution is -2.44. The maximum atomic E-state index is 12.2. The summed E-state index contributed by atoms with van der Waals surface area (Å²) < 4.78 is 4.90. The molecule has 4 heteroatoms. The molecule has 0 aromatic carbocycles. The molecule has 1 unspecified atom stereocenters. The molecular formula is C13H23NO3. The van der Waals surface area contributed by atoms with Gasteiger partial charge < -0.3 is 9.64 Å². The van der Waals surface area contributed by atoms with E-state index >= 15 is 0 Å². The third-order valence-corrected chi connectivity index (χ3v) is 3.23. The lowest BCUT2D eigenvalue weighted by molar-refractivity contribution is -0.151. The predicted octanol–water partition coefficient (Wildman–Crippen LogP) is 1.83. The average molecular weight is 241 g/mol. The Morgan fingerprint density at radius 3 is 2.29 bits per heavy atom. The topological polar surface area (TPSA) is 46.6 Å². The number of hydrogen-bond acceptors (Lipinski definition) is 3. The molecule has 0 aromatic rings. The van der Waals surface area contributed by atoms with Crippen LogP contribution in [0, 0.1) is 11.8 Å². The Bertz CT molecular complexity index is 284. The highest BCUT2D eigenvalue weighted by Crippen LogP contribution is 2.37. The van der Waals surface area contributed by atoms with Crippen molar-refractivity contribution in [2.75, 3.05) is 13.2 Å². The molecule has 0 N–H and O–H groups in total. The third kappa shape index (κ3) is 4.02. The summed E-state index contributed by atoms with van der Waals surface area (Å²) in [6.45, 7) is 8.01. The van der Waals surface area contributed by atoms with Gasteiger partial charge in [0.1, 0.15) is 6.54 Å². The zero-order valence-electron chi connectivity index (χ0n) is 11.2. The van der Waals surface area contributed by atoms with E-state index in [2.05, 4.69) is 0 Å². The van der Waals surface area contributed by atoms with Gasteiger partial charge in [0.2, 0.25) is 5.91 Å². The van der Waals surface area contributed by atoms with Crippen LogP contribution in [0.2, 0.25) is 0 Å². The molecule has 17 heavy (non-hydrogen) atoms. The van der Waals surface area contributed by atoms with Crippen LogP contribution in [0.5, 0.6) is 0 Å². The normalized spacial score (nSPS) is 16.8. The molecule has 1 rings (SSSR count). The van der Waals surface area contributed by atoms with Gasteiger partial charge >= 0.3 is 5.97 Å². The van der Waals surface area contributed by atoms with Gasteiger partial charge in [0, 0.05) is 12.0 Å². The monoisotopic (exact) mass is 241 g/mol. The minimum atomic E-state index is -0.322. The van der Waals surface area contributed by atoms with Gasteiger partial charge in [-0.1, -0.05) is 6.92 Å². The van der Waals surface area contributed by atoms with Crippen LogP contribution in [0.3, 0.4) is 0 Å². The molecular weight excluding hydrogens is 218 g/mol. The molecule has 0 heterocycles. The van der Waals surface area contributed by atoms with Crippen molar-refractivity contribution in [3.63, 3.8) is 0 Å². The Morgan fingerprint density at radius 2 is 1.88 bits per heavy atom. The van der Waals surface area contributed by atoms with Crippen molar-refractivity contribution in [3.05, 3.63) is 0 Å². The van der Waals surface area contributed by atoms with Crippen molar-refractivity contribution in [2.45, 2.75) is 46.6 Å². The van der Waals surface area contributed by atoms with E-state index in [0.29, 0.717) is 12.5 Å². The van der Waals surface area contributed by atoms with E-state index < -0.39 is 0 Å². The first-order valence-electron chi connectivity index (χ1n) is 6.43. The van der Waals surface area contributed by atoms with Crippen molar-refractivity contribution in [1.82, 2.24) is 4.90 Å². The molecule has 0 saturated heterocycles.